The molecule has 0 saturated heterocycles. The number of carbonyl (C=O) groups is 1. The molecule has 0 radical (unpaired) electrons. The van der Waals surface area contributed by atoms with Crippen molar-refractivity contribution >= 4 is 17.7 Å². The van der Waals surface area contributed by atoms with E-state index in [2.05, 4.69) is 5.32 Å². The maximum absolute atomic E-state index is 13.4. The van der Waals surface area contributed by atoms with E-state index in [1.165, 1.54) is 23.9 Å². The molecule has 2 nitrogen and oxygen atoms in total. The van der Waals surface area contributed by atoms with E-state index in [4.69, 9.17) is 0 Å². The van der Waals surface area contributed by atoms with E-state index in [0.29, 0.717) is 6.54 Å². The van der Waals surface area contributed by atoms with Crippen molar-refractivity contribution in [2.75, 3.05) is 12.3 Å². The molecule has 22 heavy (non-hydrogen) atoms. The zero-order valence-corrected chi connectivity index (χ0v) is 12.8. The van der Waals surface area contributed by atoms with Gasteiger partial charge in [0, 0.05) is 17.9 Å². The molecule has 0 aliphatic heterocycles. The fourth-order valence-corrected chi connectivity index (χ4v) is 2.79. The lowest BCUT2D eigenvalue weighted by atomic mass is 10.1. The Balaban J connectivity index is 1.66. The summed E-state index contributed by atoms with van der Waals surface area (Å²) < 4.78 is 26.5. The molecule has 5 heteroatoms. The third kappa shape index (κ3) is 5.15. The van der Waals surface area contributed by atoms with Gasteiger partial charge in [-0.3, -0.25) is 4.79 Å². The molecule has 2 rings (SSSR count). The molecule has 0 aliphatic carbocycles. The Kier molecular flexibility index (Phi) is 6.40. The summed E-state index contributed by atoms with van der Waals surface area (Å²) in [6, 6.07) is 14.0. The van der Waals surface area contributed by atoms with Crippen molar-refractivity contribution < 1.29 is 13.6 Å². The van der Waals surface area contributed by atoms with Crippen molar-refractivity contribution in [1.82, 2.24) is 5.32 Å². The van der Waals surface area contributed by atoms with Gasteiger partial charge in [0.15, 0.2) is 11.6 Å². The van der Waals surface area contributed by atoms with Crippen LogP contribution in [0.5, 0.6) is 0 Å². The molecule has 1 amide bonds. The summed E-state index contributed by atoms with van der Waals surface area (Å²) in [6.07, 6.45) is 0.774. The van der Waals surface area contributed by atoms with Crippen LogP contribution in [0.4, 0.5) is 8.78 Å². The number of halogens is 2. The Morgan fingerprint density at radius 1 is 1.05 bits per heavy atom. The molecular formula is C17H17F2NOS. The topological polar surface area (TPSA) is 29.1 Å². The van der Waals surface area contributed by atoms with E-state index in [1.807, 2.05) is 30.3 Å². The molecule has 0 atom stereocenters. The van der Waals surface area contributed by atoms with E-state index < -0.39 is 11.6 Å². The predicted molar refractivity (Wildman–Crippen MR) is 85.7 cm³/mol. The van der Waals surface area contributed by atoms with E-state index in [9.17, 15) is 13.6 Å². The number of carbonyl (C=O) groups excluding carboxylic acids is 1. The zero-order valence-electron chi connectivity index (χ0n) is 12.0. The Hall–Kier alpha value is -1.88. The molecule has 0 spiro atoms. The maximum atomic E-state index is 13.4. The van der Waals surface area contributed by atoms with E-state index in [-0.39, 0.29) is 23.0 Å². The van der Waals surface area contributed by atoms with Gasteiger partial charge < -0.3 is 5.32 Å². The molecule has 116 valence electrons. The van der Waals surface area contributed by atoms with Crippen molar-refractivity contribution in [1.29, 1.82) is 0 Å². The van der Waals surface area contributed by atoms with Gasteiger partial charge in [-0.2, -0.15) is 0 Å². The van der Waals surface area contributed by atoms with Crippen LogP contribution in [0.25, 0.3) is 0 Å². The van der Waals surface area contributed by atoms with E-state index >= 15 is 0 Å². The van der Waals surface area contributed by atoms with Crippen LogP contribution in [0.15, 0.2) is 48.5 Å². The van der Waals surface area contributed by atoms with Crippen molar-refractivity contribution in [2.45, 2.75) is 12.2 Å². The van der Waals surface area contributed by atoms with Crippen LogP contribution in [0.2, 0.25) is 0 Å². The number of amides is 1. The quantitative estimate of drug-likeness (QED) is 0.845. The summed E-state index contributed by atoms with van der Waals surface area (Å²) >= 11 is 1.26. The first-order valence-corrected chi connectivity index (χ1v) is 8.13. The first-order chi connectivity index (χ1) is 10.7. The van der Waals surface area contributed by atoms with Gasteiger partial charge in [0.05, 0.1) is 5.75 Å². The normalized spacial score (nSPS) is 10.5. The summed E-state index contributed by atoms with van der Waals surface area (Å²) in [7, 11) is 0. The van der Waals surface area contributed by atoms with Gasteiger partial charge in [0.2, 0.25) is 5.91 Å². The van der Waals surface area contributed by atoms with Gasteiger partial charge >= 0.3 is 0 Å². The Labute approximate surface area is 132 Å². The average Bonchev–Trinajstić information content (AvgIpc) is 2.52. The average molecular weight is 321 g/mol. The SMILES string of the molecule is O=C(CSCc1cccc(F)c1F)NCCc1ccccc1. The van der Waals surface area contributed by atoms with Crippen LogP contribution >= 0.6 is 11.8 Å². The van der Waals surface area contributed by atoms with Crippen LogP contribution < -0.4 is 5.32 Å². The summed E-state index contributed by atoms with van der Waals surface area (Å²) in [5.41, 5.74) is 1.44. The highest BCUT2D eigenvalue weighted by atomic mass is 32.2. The van der Waals surface area contributed by atoms with Crippen molar-refractivity contribution in [2.24, 2.45) is 0 Å². The number of hydrogen-bond acceptors (Lipinski definition) is 2. The third-order valence-electron chi connectivity index (χ3n) is 3.10. The Morgan fingerprint density at radius 3 is 2.59 bits per heavy atom. The van der Waals surface area contributed by atoms with Gasteiger partial charge in [-0.05, 0) is 18.1 Å². The summed E-state index contributed by atoms with van der Waals surface area (Å²) in [6.45, 7) is 0.567. The number of benzene rings is 2. The highest BCUT2D eigenvalue weighted by molar-refractivity contribution is 7.99. The lowest BCUT2D eigenvalue weighted by molar-refractivity contribution is -0.118. The summed E-state index contributed by atoms with van der Waals surface area (Å²) in [5.74, 6) is -1.29. The molecule has 0 aromatic heterocycles. The van der Waals surface area contributed by atoms with Crippen LogP contribution in [0, 0.1) is 11.6 Å². The third-order valence-corrected chi connectivity index (χ3v) is 4.08. The highest BCUT2D eigenvalue weighted by Crippen LogP contribution is 2.17. The lowest BCUT2D eigenvalue weighted by Crippen LogP contribution is -2.27. The minimum atomic E-state index is -0.856. The van der Waals surface area contributed by atoms with Gasteiger partial charge in [-0.1, -0.05) is 42.5 Å². The summed E-state index contributed by atoms with van der Waals surface area (Å²) in [4.78, 5) is 11.7. The predicted octanol–water partition coefficient (Wildman–Crippen LogP) is 3.56. The van der Waals surface area contributed by atoms with Crippen LogP contribution in [-0.4, -0.2) is 18.2 Å². The first kappa shape index (κ1) is 16.5. The molecule has 1 N–H and O–H groups in total. The number of rotatable bonds is 7. The van der Waals surface area contributed by atoms with Gasteiger partial charge in [-0.15, -0.1) is 11.8 Å². The molecule has 0 bridgehead atoms. The van der Waals surface area contributed by atoms with Gasteiger partial charge in [-0.25, -0.2) is 8.78 Å². The number of thioether (sulfide) groups is 1. The lowest BCUT2D eigenvalue weighted by Gasteiger charge is -2.06. The molecule has 0 aliphatic rings. The van der Waals surface area contributed by atoms with Crippen LogP contribution in [0.3, 0.4) is 0 Å². The van der Waals surface area contributed by atoms with Crippen molar-refractivity contribution in [3.05, 3.63) is 71.3 Å². The van der Waals surface area contributed by atoms with Gasteiger partial charge in [0.25, 0.3) is 0 Å². The minimum Gasteiger partial charge on any atom is -0.355 e. The molecule has 0 saturated carbocycles. The second kappa shape index (κ2) is 8.54. The van der Waals surface area contributed by atoms with Crippen LogP contribution in [-0.2, 0) is 17.0 Å². The second-order valence-electron chi connectivity index (χ2n) is 4.79. The van der Waals surface area contributed by atoms with Gasteiger partial charge in [0.1, 0.15) is 0 Å². The van der Waals surface area contributed by atoms with E-state index in [1.54, 1.807) is 0 Å². The summed E-state index contributed by atoms with van der Waals surface area (Å²) in [5, 5.41) is 2.82. The Bertz CT molecular complexity index is 619. The zero-order chi connectivity index (χ0) is 15.8. The smallest absolute Gasteiger partial charge is 0.230 e. The first-order valence-electron chi connectivity index (χ1n) is 6.98. The largest absolute Gasteiger partial charge is 0.355 e. The minimum absolute atomic E-state index is 0.0993. The van der Waals surface area contributed by atoms with Crippen molar-refractivity contribution in [3.63, 3.8) is 0 Å². The fraction of sp³-hybridized carbons (Fsp3) is 0.235. The standard InChI is InChI=1S/C17H17F2NOS/c18-15-8-4-7-14(17(15)19)11-22-12-16(21)20-10-9-13-5-2-1-3-6-13/h1-8H,9-12H2,(H,20,21). The molecular weight excluding hydrogens is 304 g/mol. The maximum Gasteiger partial charge on any atom is 0.230 e. The molecule has 0 fully saturated rings. The van der Waals surface area contributed by atoms with Crippen molar-refractivity contribution in [3.8, 4) is 0 Å². The molecule has 2 aromatic rings. The number of nitrogens with one attached hydrogen (secondary N) is 1. The second-order valence-corrected chi connectivity index (χ2v) is 5.78. The number of hydrogen-bond donors (Lipinski definition) is 1. The fourth-order valence-electron chi connectivity index (χ4n) is 1.96. The monoisotopic (exact) mass is 321 g/mol. The molecule has 0 heterocycles. The molecule has 2 aromatic carbocycles. The highest BCUT2D eigenvalue weighted by Gasteiger charge is 2.08. The molecule has 0 unspecified atom stereocenters. The van der Waals surface area contributed by atoms with Crippen LogP contribution in [0.1, 0.15) is 11.1 Å². The van der Waals surface area contributed by atoms with E-state index in [0.717, 1.165) is 18.1 Å². The Morgan fingerprint density at radius 2 is 1.82 bits per heavy atom.